The number of rotatable bonds is 6. The predicted octanol–water partition coefficient (Wildman–Crippen LogP) is 5.69. The fourth-order valence-electron chi connectivity index (χ4n) is 4.25. The fraction of sp³-hybridized carbons (Fsp3) is 0.250. The van der Waals surface area contributed by atoms with E-state index in [4.69, 9.17) is 23.4 Å². The molecule has 0 radical (unpaired) electrons. The standard InChI is InChI=1S/C28H26O6/c1-4-19-13-22-25(15-24(19)33-16-18-6-5-7-21(12-18)30-3)34-17(2)27(28(22)29)20-8-9-23-26(14-20)32-11-10-31-23/h5-9,12-15H,4,10-11,16H2,1-3H3. The molecule has 0 amide bonds. The molecule has 0 aliphatic carbocycles. The molecule has 6 heteroatoms. The van der Waals surface area contributed by atoms with Crippen LogP contribution in [-0.4, -0.2) is 20.3 Å². The number of fused-ring (bicyclic) bond motifs is 2. The number of ether oxygens (including phenoxy) is 4. The third-order valence-electron chi connectivity index (χ3n) is 5.99. The predicted molar refractivity (Wildman–Crippen MR) is 130 cm³/mol. The lowest BCUT2D eigenvalue weighted by molar-refractivity contribution is 0.171. The van der Waals surface area contributed by atoms with Crippen molar-refractivity contribution in [3.05, 3.63) is 81.7 Å². The van der Waals surface area contributed by atoms with E-state index in [9.17, 15) is 4.79 Å². The molecule has 4 aromatic rings. The number of hydrogen-bond acceptors (Lipinski definition) is 6. The van der Waals surface area contributed by atoms with E-state index < -0.39 is 0 Å². The Balaban J connectivity index is 1.53. The maximum absolute atomic E-state index is 13.6. The van der Waals surface area contributed by atoms with Gasteiger partial charge in [0, 0.05) is 6.07 Å². The van der Waals surface area contributed by atoms with Crippen LogP contribution in [0.5, 0.6) is 23.0 Å². The third kappa shape index (κ3) is 4.07. The zero-order chi connectivity index (χ0) is 23.7. The summed E-state index contributed by atoms with van der Waals surface area (Å²) in [6.07, 6.45) is 0.718. The molecule has 0 N–H and O–H groups in total. The molecule has 1 aromatic heterocycles. The number of aryl methyl sites for hydroxylation is 2. The molecular formula is C28H26O6. The molecule has 34 heavy (non-hydrogen) atoms. The SMILES string of the molecule is CCc1cc2c(=O)c(-c3ccc4c(c3)OCCO4)c(C)oc2cc1OCc1cccc(OC)c1. The molecule has 0 bridgehead atoms. The smallest absolute Gasteiger partial charge is 0.200 e. The molecule has 1 aliphatic rings. The molecule has 0 unspecified atom stereocenters. The number of hydrogen-bond donors (Lipinski definition) is 0. The van der Waals surface area contributed by atoms with Gasteiger partial charge in [-0.3, -0.25) is 4.79 Å². The van der Waals surface area contributed by atoms with Crippen molar-refractivity contribution in [2.75, 3.05) is 20.3 Å². The van der Waals surface area contributed by atoms with Gasteiger partial charge in [0.1, 0.15) is 42.7 Å². The monoisotopic (exact) mass is 458 g/mol. The van der Waals surface area contributed by atoms with Crippen LogP contribution in [0.15, 0.2) is 63.8 Å². The average Bonchev–Trinajstić information content (AvgIpc) is 2.87. The highest BCUT2D eigenvalue weighted by atomic mass is 16.6. The van der Waals surface area contributed by atoms with Crippen molar-refractivity contribution >= 4 is 11.0 Å². The van der Waals surface area contributed by atoms with Crippen molar-refractivity contribution in [3.8, 4) is 34.1 Å². The highest BCUT2D eigenvalue weighted by Gasteiger charge is 2.19. The molecule has 6 nitrogen and oxygen atoms in total. The van der Waals surface area contributed by atoms with Crippen LogP contribution in [0.1, 0.15) is 23.8 Å². The van der Waals surface area contributed by atoms with Crippen LogP contribution in [-0.2, 0) is 13.0 Å². The largest absolute Gasteiger partial charge is 0.497 e. The first-order valence-corrected chi connectivity index (χ1v) is 11.3. The van der Waals surface area contributed by atoms with E-state index in [1.807, 2.05) is 61.5 Å². The molecule has 0 fully saturated rings. The summed E-state index contributed by atoms with van der Waals surface area (Å²) in [5.41, 5.74) is 3.63. The third-order valence-corrected chi connectivity index (χ3v) is 5.99. The lowest BCUT2D eigenvalue weighted by Crippen LogP contribution is -2.15. The van der Waals surface area contributed by atoms with Crippen molar-refractivity contribution < 1.29 is 23.4 Å². The van der Waals surface area contributed by atoms with Gasteiger partial charge in [0.2, 0.25) is 5.43 Å². The normalized spacial score (nSPS) is 12.6. The van der Waals surface area contributed by atoms with Gasteiger partial charge in [0.05, 0.1) is 18.1 Å². The molecule has 0 atom stereocenters. The van der Waals surface area contributed by atoms with Crippen LogP contribution in [0.25, 0.3) is 22.1 Å². The van der Waals surface area contributed by atoms with Gasteiger partial charge in [-0.15, -0.1) is 0 Å². The minimum absolute atomic E-state index is 0.0792. The Morgan fingerprint density at radius 2 is 1.79 bits per heavy atom. The summed E-state index contributed by atoms with van der Waals surface area (Å²) in [5, 5.41) is 0.529. The minimum atomic E-state index is -0.0792. The van der Waals surface area contributed by atoms with E-state index in [0.717, 1.165) is 28.9 Å². The van der Waals surface area contributed by atoms with Crippen LogP contribution in [0.3, 0.4) is 0 Å². The second-order valence-corrected chi connectivity index (χ2v) is 8.17. The lowest BCUT2D eigenvalue weighted by atomic mass is 10.00. The van der Waals surface area contributed by atoms with E-state index in [1.54, 1.807) is 14.0 Å². The van der Waals surface area contributed by atoms with E-state index in [-0.39, 0.29) is 5.43 Å². The second-order valence-electron chi connectivity index (χ2n) is 8.17. The first-order valence-electron chi connectivity index (χ1n) is 11.3. The zero-order valence-corrected chi connectivity index (χ0v) is 19.5. The van der Waals surface area contributed by atoms with Crippen LogP contribution in [0.4, 0.5) is 0 Å². The molecule has 0 spiro atoms. The summed E-state index contributed by atoms with van der Waals surface area (Å²) in [7, 11) is 1.64. The quantitative estimate of drug-likeness (QED) is 0.370. The van der Waals surface area contributed by atoms with Crippen molar-refractivity contribution in [3.63, 3.8) is 0 Å². The molecule has 1 aliphatic heterocycles. The summed E-state index contributed by atoms with van der Waals surface area (Å²) in [5.74, 6) is 3.34. The van der Waals surface area contributed by atoms with Gasteiger partial charge in [-0.25, -0.2) is 0 Å². The minimum Gasteiger partial charge on any atom is -0.497 e. The molecule has 174 valence electrons. The van der Waals surface area contributed by atoms with E-state index in [1.165, 1.54) is 0 Å². The van der Waals surface area contributed by atoms with E-state index in [0.29, 0.717) is 59.4 Å². The second kappa shape index (κ2) is 9.14. The molecule has 0 saturated heterocycles. The number of methoxy groups -OCH3 is 1. The first-order chi connectivity index (χ1) is 16.6. The Hall–Kier alpha value is -3.93. The molecule has 2 heterocycles. The Labute approximate surface area is 197 Å². The van der Waals surface area contributed by atoms with Crippen molar-refractivity contribution in [1.29, 1.82) is 0 Å². The van der Waals surface area contributed by atoms with Crippen LogP contribution >= 0.6 is 0 Å². The maximum atomic E-state index is 13.6. The summed E-state index contributed by atoms with van der Waals surface area (Å²) < 4.78 is 28.9. The fourth-order valence-corrected chi connectivity index (χ4v) is 4.25. The molecule has 5 rings (SSSR count). The molecular weight excluding hydrogens is 432 g/mol. The average molecular weight is 459 g/mol. The van der Waals surface area contributed by atoms with Crippen molar-refractivity contribution in [1.82, 2.24) is 0 Å². The maximum Gasteiger partial charge on any atom is 0.200 e. The van der Waals surface area contributed by atoms with Gasteiger partial charge in [0.15, 0.2) is 11.5 Å². The Bertz CT molecular complexity index is 1420. The van der Waals surface area contributed by atoms with Crippen LogP contribution < -0.4 is 24.4 Å². The Kier molecular flexibility index (Phi) is 5.88. The number of benzene rings is 3. The Morgan fingerprint density at radius 3 is 2.59 bits per heavy atom. The molecule has 3 aromatic carbocycles. The van der Waals surface area contributed by atoms with Crippen molar-refractivity contribution in [2.45, 2.75) is 26.9 Å². The van der Waals surface area contributed by atoms with Gasteiger partial charge >= 0.3 is 0 Å². The summed E-state index contributed by atoms with van der Waals surface area (Å²) in [4.78, 5) is 13.6. The van der Waals surface area contributed by atoms with Crippen LogP contribution in [0.2, 0.25) is 0 Å². The summed E-state index contributed by atoms with van der Waals surface area (Å²) in [6.45, 7) is 5.23. The zero-order valence-electron chi connectivity index (χ0n) is 19.5. The van der Waals surface area contributed by atoms with Crippen molar-refractivity contribution in [2.24, 2.45) is 0 Å². The van der Waals surface area contributed by atoms with Gasteiger partial charge in [-0.1, -0.05) is 25.1 Å². The van der Waals surface area contributed by atoms with Gasteiger partial charge in [-0.2, -0.15) is 0 Å². The van der Waals surface area contributed by atoms with Crippen LogP contribution in [0, 0.1) is 6.92 Å². The summed E-state index contributed by atoms with van der Waals surface area (Å²) >= 11 is 0. The summed E-state index contributed by atoms with van der Waals surface area (Å²) in [6, 6.07) is 17.0. The Morgan fingerprint density at radius 1 is 0.971 bits per heavy atom. The van der Waals surface area contributed by atoms with E-state index in [2.05, 4.69) is 0 Å². The highest BCUT2D eigenvalue weighted by Crippen LogP contribution is 2.36. The molecule has 0 saturated carbocycles. The lowest BCUT2D eigenvalue weighted by Gasteiger charge is -2.19. The highest BCUT2D eigenvalue weighted by molar-refractivity contribution is 5.85. The first kappa shape index (κ1) is 21.9. The van der Waals surface area contributed by atoms with Gasteiger partial charge in [-0.05, 0) is 60.4 Å². The topological polar surface area (TPSA) is 67.1 Å². The van der Waals surface area contributed by atoms with E-state index >= 15 is 0 Å². The van der Waals surface area contributed by atoms with Gasteiger partial charge < -0.3 is 23.4 Å². The van der Waals surface area contributed by atoms with Gasteiger partial charge in [0.25, 0.3) is 0 Å².